The van der Waals surface area contributed by atoms with Crippen LogP contribution in [0.2, 0.25) is 0 Å². The van der Waals surface area contributed by atoms with Gasteiger partial charge in [0.05, 0.1) is 22.0 Å². The van der Waals surface area contributed by atoms with Crippen molar-refractivity contribution in [3.05, 3.63) is 21.3 Å². The molecule has 1 unspecified atom stereocenters. The largest absolute Gasteiger partial charge is 0.267 e. The summed E-state index contributed by atoms with van der Waals surface area (Å²) in [6, 6.07) is 0. The smallest absolute Gasteiger partial charge is 0.259 e. The first-order chi connectivity index (χ1) is 6.82. The van der Waals surface area contributed by atoms with Crippen LogP contribution >= 0.6 is 0 Å². The average Bonchev–Trinajstić information content (AvgIpc) is 2.05. The fourth-order valence-corrected chi connectivity index (χ4v) is 3.82. The van der Waals surface area contributed by atoms with Crippen LogP contribution in [-0.2, 0) is 20.8 Å². The molecule has 0 spiro atoms. The molecule has 1 atom stereocenters. The van der Waals surface area contributed by atoms with Crippen LogP contribution in [-0.4, -0.2) is 40.4 Å². The van der Waals surface area contributed by atoms with Gasteiger partial charge in [0.15, 0.2) is 5.03 Å². The molecule has 0 bridgehead atoms. The Morgan fingerprint density at radius 3 is 2.67 bits per heavy atom. The fourth-order valence-electron chi connectivity index (χ4n) is 1.21. The van der Waals surface area contributed by atoms with E-state index in [1.54, 1.807) is 0 Å². The molecule has 15 heavy (non-hydrogen) atoms. The van der Waals surface area contributed by atoms with Crippen molar-refractivity contribution in [1.82, 2.24) is 4.31 Å². The van der Waals surface area contributed by atoms with E-state index in [1.807, 2.05) is 0 Å². The maximum atomic E-state index is 11.4. The first-order valence-electron chi connectivity index (χ1n) is 4.04. The molecule has 7 nitrogen and oxygen atoms in total. The van der Waals surface area contributed by atoms with Crippen LogP contribution in [0.15, 0.2) is 11.2 Å². The van der Waals surface area contributed by atoms with E-state index < -0.39 is 25.7 Å². The van der Waals surface area contributed by atoms with Gasteiger partial charge in [-0.25, -0.2) is 8.42 Å². The number of nitrogens with zero attached hydrogens (tertiary/aromatic N) is 2. The third-order valence-electron chi connectivity index (χ3n) is 1.79. The van der Waals surface area contributed by atoms with Gasteiger partial charge in [-0.15, -0.1) is 0 Å². The Hall–Kier alpha value is -0.960. The molecule has 0 N–H and O–H groups in total. The minimum atomic E-state index is -3.59. The van der Waals surface area contributed by atoms with Crippen LogP contribution in [0.25, 0.3) is 0 Å². The summed E-state index contributed by atoms with van der Waals surface area (Å²) in [6.07, 6.45) is 1.87. The van der Waals surface area contributed by atoms with Crippen LogP contribution in [0.4, 0.5) is 0 Å². The van der Waals surface area contributed by atoms with E-state index in [0.29, 0.717) is 12.6 Å². The highest BCUT2D eigenvalue weighted by atomic mass is 32.2. The zero-order chi connectivity index (χ0) is 11.6. The second kappa shape index (κ2) is 4.27. The van der Waals surface area contributed by atoms with Crippen LogP contribution in [0.1, 0.15) is 6.42 Å². The third kappa shape index (κ3) is 2.99. The summed E-state index contributed by atoms with van der Waals surface area (Å²) in [5, 5.41) is 10.0. The lowest BCUT2D eigenvalue weighted by Gasteiger charge is -2.26. The first-order valence-corrected chi connectivity index (χ1v) is 7.20. The molecule has 0 amide bonds. The second-order valence-electron chi connectivity index (χ2n) is 2.99. The standard InChI is InChI=1S/C6H10N2O5S2/c1-15(12,13)7-3-2-4-14(11)6(7)5-8(9)10/h5H,2-4H2,1H3. The number of rotatable bonds is 2. The van der Waals surface area contributed by atoms with E-state index in [-0.39, 0.29) is 17.3 Å². The summed E-state index contributed by atoms with van der Waals surface area (Å²) >= 11 is 0. The monoisotopic (exact) mass is 254 g/mol. The summed E-state index contributed by atoms with van der Waals surface area (Å²) in [7, 11) is -5.19. The minimum absolute atomic E-state index is 0.143. The maximum Gasteiger partial charge on any atom is 0.267 e. The van der Waals surface area contributed by atoms with Crippen molar-refractivity contribution in [2.45, 2.75) is 6.42 Å². The van der Waals surface area contributed by atoms with Crippen molar-refractivity contribution in [1.29, 1.82) is 0 Å². The Kier molecular flexibility index (Phi) is 3.45. The summed E-state index contributed by atoms with van der Waals surface area (Å²) < 4.78 is 34.8. The van der Waals surface area contributed by atoms with Gasteiger partial charge in [-0.3, -0.25) is 18.6 Å². The topological polar surface area (TPSA) is 97.6 Å². The summed E-state index contributed by atoms with van der Waals surface area (Å²) in [4.78, 5) is 9.46. The number of sulfonamides is 1. The van der Waals surface area contributed by atoms with E-state index in [9.17, 15) is 22.7 Å². The Bertz CT molecular complexity index is 427. The zero-order valence-corrected chi connectivity index (χ0v) is 9.58. The van der Waals surface area contributed by atoms with Crippen molar-refractivity contribution >= 4 is 20.8 Å². The van der Waals surface area contributed by atoms with Crippen LogP contribution in [0, 0.1) is 10.1 Å². The highest BCUT2D eigenvalue weighted by molar-refractivity contribution is 7.92. The van der Waals surface area contributed by atoms with Gasteiger partial charge in [0.1, 0.15) is 0 Å². The molecule has 0 aromatic carbocycles. The fraction of sp³-hybridized carbons (Fsp3) is 0.667. The molecule has 0 aliphatic carbocycles. The van der Waals surface area contributed by atoms with Crippen molar-refractivity contribution in [2.75, 3.05) is 18.6 Å². The molecule has 1 saturated heterocycles. The van der Waals surface area contributed by atoms with E-state index in [2.05, 4.69) is 0 Å². The molecule has 0 aromatic rings. The van der Waals surface area contributed by atoms with Crippen LogP contribution < -0.4 is 0 Å². The normalized spacial score (nSPS) is 25.5. The van der Waals surface area contributed by atoms with E-state index in [4.69, 9.17) is 0 Å². The van der Waals surface area contributed by atoms with E-state index >= 15 is 0 Å². The lowest BCUT2D eigenvalue weighted by atomic mass is 10.5. The molecule has 1 rings (SSSR count). The Morgan fingerprint density at radius 1 is 1.60 bits per heavy atom. The van der Waals surface area contributed by atoms with E-state index in [1.165, 1.54) is 0 Å². The third-order valence-corrected chi connectivity index (χ3v) is 4.53. The van der Waals surface area contributed by atoms with Crippen molar-refractivity contribution in [3.8, 4) is 0 Å². The highest BCUT2D eigenvalue weighted by Crippen LogP contribution is 2.20. The van der Waals surface area contributed by atoms with Crippen molar-refractivity contribution < 1.29 is 17.6 Å². The summed E-state index contributed by atoms with van der Waals surface area (Å²) in [5.41, 5.74) is 0. The lowest BCUT2D eigenvalue weighted by molar-refractivity contribution is -0.403. The van der Waals surface area contributed by atoms with Crippen molar-refractivity contribution in [2.24, 2.45) is 0 Å². The highest BCUT2D eigenvalue weighted by Gasteiger charge is 2.30. The molecule has 1 heterocycles. The Labute approximate surface area is 89.4 Å². The molecular formula is C6H10N2O5S2. The summed E-state index contributed by atoms with van der Waals surface area (Å²) in [5.74, 6) is 0.256. The average molecular weight is 254 g/mol. The van der Waals surface area contributed by atoms with Crippen LogP contribution in [0.5, 0.6) is 0 Å². The molecule has 1 fully saturated rings. The molecule has 86 valence electrons. The number of hydrogen-bond acceptors (Lipinski definition) is 5. The Balaban J connectivity index is 3.14. The lowest BCUT2D eigenvalue weighted by Crippen LogP contribution is -2.37. The SMILES string of the molecule is CS(=O)(=O)N1CCCS(=O)C1=C[N+](=O)[O-]. The predicted octanol–water partition coefficient (Wildman–Crippen LogP) is -0.524. The maximum absolute atomic E-state index is 11.4. The Morgan fingerprint density at radius 2 is 2.20 bits per heavy atom. The molecule has 0 aromatic heterocycles. The van der Waals surface area contributed by atoms with Crippen LogP contribution in [0.3, 0.4) is 0 Å². The van der Waals surface area contributed by atoms with Gasteiger partial charge in [0, 0.05) is 12.3 Å². The molecule has 0 saturated carbocycles. The number of hydrogen-bond donors (Lipinski definition) is 0. The van der Waals surface area contributed by atoms with Gasteiger partial charge in [-0.1, -0.05) is 0 Å². The van der Waals surface area contributed by atoms with Gasteiger partial charge < -0.3 is 0 Å². The van der Waals surface area contributed by atoms with Gasteiger partial charge >= 0.3 is 0 Å². The molecule has 9 heteroatoms. The quantitative estimate of drug-likeness (QED) is 0.487. The van der Waals surface area contributed by atoms with Gasteiger partial charge in [0.2, 0.25) is 10.0 Å². The van der Waals surface area contributed by atoms with Gasteiger partial charge in [-0.05, 0) is 6.42 Å². The number of nitro groups is 1. The minimum Gasteiger partial charge on any atom is -0.259 e. The van der Waals surface area contributed by atoms with E-state index in [0.717, 1.165) is 10.6 Å². The van der Waals surface area contributed by atoms with Gasteiger partial charge in [-0.2, -0.15) is 0 Å². The first kappa shape index (κ1) is 12.1. The zero-order valence-electron chi connectivity index (χ0n) is 7.95. The molecular weight excluding hydrogens is 244 g/mol. The predicted molar refractivity (Wildman–Crippen MR) is 54.3 cm³/mol. The van der Waals surface area contributed by atoms with Gasteiger partial charge in [0.25, 0.3) is 6.20 Å². The molecule has 0 radical (unpaired) electrons. The second-order valence-corrected chi connectivity index (χ2v) is 6.42. The molecule has 1 aliphatic rings. The summed E-state index contributed by atoms with van der Waals surface area (Å²) in [6.45, 7) is 0.143. The van der Waals surface area contributed by atoms with Crippen molar-refractivity contribution in [3.63, 3.8) is 0 Å². The molecule has 1 aliphatic heterocycles.